The summed E-state index contributed by atoms with van der Waals surface area (Å²) in [4.78, 5) is 12.9. The Balaban J connectivity index is -0.000000408. The van der Waals surface area contributed by atoms with Crippen LogP contribution >= 0.6 is 34.8 Å². The SMILES string of the molecule is CC.CC.CN.CNc1nc(Cl)ncc1C(F)(F)F.FC(F)(F)c1cnc(Cl)nc1Cl. The van der Waals surface area contributed by atoms with Crippen molar-refractivity contribution in [1.82, 2.24) is 19.9 Å². The van der Waals surface area contributed by atoms with E-state index in [1.165, 1.54) is 14.1 Å². The van der Waals surface area contributed by atoms with E-state index in [-0.39, 0.29) is 16.4 Å². The number of nitrogens with zero attached hydrogens (tertiary/aromatic N) is 4. The zero-order valence-electron chi connectivity index (χ0n) is 17.4. The number of nitrogens with two attached hydrogens (primary N) is 1. The Hall–Kier alpha value is -1.63. The summed E-state index contributed by atoms with van der Waals surface area (Å²) < 4.78 is 72.5. The van der Waals surface area contributed by atoms with E-state index in [4.69, 9.17) is 34.8 Å². The molecule has 0 atom stereocenters. The molecule has 0 aromatic carbocycles. The third-order valence-electron chi connectivity index (χ3n) is 2.32. The van der Waals surface area contributed by atoms with E-state index in [1.807, 2.05) is 27.7 Å². The van der Waals surface area contributed by atoms with E-state index in [0.717, 1.165) is 0 Å². The molecule has 0 saturated carbocycles. The molecule has 0 spiro atoms. The summed E-state index contributed by atoms with van der Waals surface area (Å²) in [5.41, 5.74) is 2.48. The lowest BCUT2D eigenvalue weighted by Gasteiger charge is -2.10. The Kier molecular flexibility index (Phi) is 18.6. The fraction of sp³-hybridized carbons (Fsp3) is 0.500. The molecule has 0 aliphatic carbocycles. The lowest BCUT2D eigenvalue weighted by Crippen LogP contribution is -2.11. The maximum absolute atomic E-state index is 12.2. The number of aromatic nitrogens is 4. The molecule has 180 valence electrons. The molecule has 3 N–H and O–H groups in total. The van der Waals surface area contributed by atoms with Gasteiger partial charge in [0.15, 0.2) is 0 Å². The number of nitrogens with one attached hydrogen (secondary N) is 1. The van der Waals surface area contributed by atoms with E-state index in [0.29, 0.717) is 12.4 Å². The largest absolute Gasteiger partial charge is 0.421 e. The first-order valence-electron chi connectivity index (χ1n) is 8.46. The molecule has 31 heavy (non-hydrogen) atoms. The van der Waals surface area contributed by atoms with Gasteiger partial charge in [0.05, 0.1) is 0 Å². The molecule has 6 nitrogen and oxygen atoms in total. The summed E-state index contributed by atoms with van der Waals surface area (Å²) in [5.74, 6) is -0.326. The summed E-state index contributed by atoms with van der Waals surface area (Å²) in [6.07, 6.45) is -7.83. The standard InChI is InChI=1S/C6H5ClF3N3.C5HCl2F3N2.2C2H6.CH5N/c1-11-4-3(6(8,9)10)2-12-5(7)13-4;6-3-2(5(8,9)10)1-11-4(7)12-3;3*1-2/h2H,1H3,(H,11,12,13);1H;2*1-2H3;2H2,1H3. The molecule has 0 unspecified atom stereocenters. The predicted octanol–water partition coefficient (Wildman–Crippen LogP) is 6.62. The number of alkyl halides is 6. The van der Waals surface area contributed by atoms with E-state index in [2.05, 4.69) is 31.0 Å². The van der Waals surface area contributed by atoms with Crippen molar-refractivity contribution >= 4 is 40.6 Å². The van der Waals surface area contributed by atoms with Crippen LogP contribution in [-0.2, 0) is 12.4 Å². The highest BCUT2D eigenvalue weighted by Gasteiger charge is 2.35. The number of hydrogen-bond donors (Lipinski definition) is 2. The maximum atomic E-state index is 12.2. The van der Waals surface area contributed by atoms with Gasteiger partial charge < -0.3 is 11.1 Å². The molecule has 15 heteroatoms. The summed E-state index contributed by atoms with van der Waals surface area (Å²) in [5, 5.41) is 1.06. The van der Waals surface area contributed by atoms with Crippen molar-refractivity contribution in [1.29, 1.82) is 0 Å². The molecule has 0 radical (unpaired) electrons. The second-order valence-electron chi connectivity index (χ2n) is 3.99. The number of halogens is 9. The van der Waals surface area contributed by atoms with Crippen molar-refractivity contribution in [2.75, 3.05) is 19.4 Å². The van der Waals surface area contributed by atoms with Crippen LogP contribution in [0.5, 0.6) is 0 Å². The van der Waals surface area contributed by atoms with Crippen LogP contribution in [0.15, 0.2) is 12.4 Å². The van der Waals surface area contributed by atoms with Crippen molar-refractivity contribution in [2.24, 2.45) is 5.73 Å². The third-order valence-corrected chi connectivity index (χ3v) is 2.97. The zero-order chi connectivity index (χ0) is 25.4. The van der Waals surface area contributed by atoms with Gasteiger partial charge in [-0.2, -0.15) is 26.3 Å². The molecular weight excluding hydrogens is 497 g/mol. The topological polar surface area (TPSA) is 89.6 Å². The molecular formula is C16H23Cl3F6N6. The van der Waals surface area contributed by atoms with Gasteiger partial charge in [-0.05, 0) is 30.2 Å². The quantitative estimate of drug-likeness (QED) is 0.250. The minimum atomic E-state index is -4.54. The fourth-order valence-corrected chi connectivity index (χ4v) is 1.84. The van der Waals surface area contributed by atoms with Crippen LogP contribution in [0.25, 0.3) is 0 Å². The van der Waals surface area contributed by atoms with Gasteiger partial charge in [-0.1, -0.05) is 39.3 Å². The van der Waals surface area contributed by atoms with Gasteiger partial charge >= 0.3 is 12.4 Å². The minimum Gasteiger partial charge on any atom is -0.372 e. The highest BCUT2D eigenvalue weighted by Crippen LogP contribution is 2.34. The van der Waals surface area contributed by atoms with Gasteiger partial charge in [-0.25, -0.2) is 19.9 Å². The first-order chi connectivity index (χ1) is 14.4. The number of rotatable bonds is 1. The minimum absolute atomic E-state index is 0.225. The first-order valence-corrected chi connectivity index (χ1v) is 9.60. The Morgan fingerprint density at radius 1 is 0.742 bits per heavy atom. The van der Waals surface area contributed by atoms with E-state index < -0.39 is 28.6 Å². The molecule has 0 aliphatic heterocycles. The first kappa shape index (κ1) is 34.0. The summed E-state index contributed by atoms with van der Waals surface area (Å²) >= 11 is 15.7. The monoisotopic (exact) mass is 518 g/mol. The van der Waals surface area contributed by atoms with Crippen LogP contribution in [0.3, 0.4) is 0 Å². The van der Waals surface area contributed by atoms with Crippen LogP contribution in [0, 0.1) is 0 Å². The normalized spacial score (nSPS) is 9.94. The van der Waals surface area contributed by atoms with Gasteiger partial charge in [-0.3, -0.25) is 0 Å². The van der Waals surface area contributed by atoms with Crippen LogP contribution in [0.4, 0.5) is 32.2 Å². The van der Waals surface area contributed by atoms with Crippen molar-refractivity contribution in [3.63, 3.8) is 0 Å². The van der Waals surface area contributed by atoms with Crippen LogP contribution in [0.2, 0.25) is 15.7 Å². The zero-order valence-corrected chi connectivity index (χ0v) is 19.7. The second-order valence-corrected chi connectivity index (χ2v) is 5.02. The van der Waals surface area contributed by atoms with Crippen molar-refractivity contribution in [2.45, 2.75) is 40.0 Å². The van der Waals surface area contributed by atoms with Crippen LogP contribution in [-0.4, -0.2) is 34.0 Å². The second kappa shape index (κ2) is 17.0. The average molecular weight is 520 g/mol. The molecule has 2 heterocycles. The third kappa shape index (κ3) is 13.4. The van der Waals surface area contributed by atoms with Crippen molar-refractivity contribution < 1.29 is 26.3 Å². The maximum Gasteiger partial charge on any atom is 0.421 e. The molecule has 2 aromatic rings. The van der Waals surface area contributed by atoms with Gasteiger partial charge in [0.2, 0.25) is 10.6 Å². The number of anilines is 1. The molecule has 2 aromatic heterocycles. The average Bonchev–Trinajstić information content (AvgIpc) is 2.71. The molecule has 0 fully saturated rings. The Morgan fingerprint density at radius 2 is 1.10 bits per heavy atom. The molecule has 2 rings (SSSR count). The summed E-state index contributed by atoms with van der Waals surface area (Å²) in [6.45, 7) is 8.00. The smallest absolute Gasteiger partial charge is 0.372 e. The lowest BCUT2D eigenvalue weighted by atomic mass is 10.3. The summed E-state index contributed by atoms with van der Waals surface area (Å²) in [6, 6.07) is 0. The Morgan fingerprint density at radius 3 is 1.42 bits per heavy atom. The van der Waals surface area contributed by atoms with Gasteiger partial charge in [0, 0.05) is 19.4 Å². The Bertz CT molecular complexity index is 745. The van der Waals surface area contributed by atoms with E-state index >= 15 is 0 Å². The van der Waals surface area contributed by atoms with Crippen LogP contribution in [0.1, 0.15) is 38.8 Å². The highest BCUT2D eigenvalue weighted by atomic mass is 35.5. The van der Waals surface area contributed by atoms with Crippen molar-refractivity contribution in [3.05, 3.63) is 39.2 Å². The highest BCUT2D eigenvalue weighted by molar-refractivity contribution is 6.32. The Labute approximate surface area is 191 Å². The lowest BCUT2D eigenvalue weighted by molar-refractivity contribution is -0.138. The van der Waals surface area contributed by atoms with E-state index in [1.54, 1.807) is 0 Å². The number of hydrogen-bond acceptors (Lipinski definition) is 6. The summed E-state index contributed by atoms with van der Waals surface area (Å²) in [7, 11) is 2.83. The molecule has 0 aliphatic rings. The predicted molar refractivity (Wildman–Crippen MR) is 111 cm³/mol. The fourth-order valence-electron chi connectivity index (χ4n) is 1.29. The van der Waals surface area contributed by atoms with E-state index in [9.17, 15) is 26.3 Å². The van der Waals surface area contributed by atoms with Gasteiger partial charge in [0.1, 0.15) is 22.1 Å². The van der Waals surface area contributed by atoms with Gasteiger partial charge in [0.25, 0.3) is 0 Å². The van der Waals surface area contributed by atoms with Crippen LogP contribution < -0.4 is 11.1 Å². The molecule has 0 saturated heterocycles. The molecule has 0 amide bonds. The van der Waals surface area contributed by atoms with Crippen molar-refractivity contribution in [3.8, 4) is 0 Å². The molecule has 0 bridgehead atoms. The van der Waals surface area contributed by atoms with Gasteiger partial charge in [-0.15, -0.1) is 0 Å².